The molecule has 0 radical (unpaired) electrons. The molecule has 0 bridgehead atoms. The fourth-order valence-corrected chi connectivity index (χ4v) is 2.31. The molecule has 0 amide bonds. The number of likely N-dealkylation sites (tertiary alicyclic amines) is 1. The summed E-state index contributed by atoms with van der Waals surface area (Å²) in [5.41, 5.74) is 10.3. The molecule has 1 aliphatic rings. The molecule has 0 aromatic heterocycles. The van der Waals surface area contributed by atoms with Crippen LogP contribution >= 0.6 is 0 Å². The first kappa shape index (κ1) is 10.7. The van der Waals surface area contributed by atoms with Gasteiger partial charge in [0.15, 0.2) is 0 Å². The topological polar surface area (TPSA) is 29.3 Å². The molecule has 2 heteroatoms. The molecule has 1 aromatic rings. The first-order chi connectivity index (χ1) is 7.20. The van der Waals surface area contributed by atoms with Crippen molar-refractivity contribution < 1.29 is 0 Å². The second kappa shape index (κ2) is 4.33. The number of nitrogens with zero attached hydrogens (tertiary/aromatic N) is 1. The van der Waals surface area contributed by atoms with Gasteiger partial charge in [0.2, 0.25) is 0 Å². The van der Waals surface area contributed by atoms with E-state index >= 15 is 0 Å². The Morgan fingerprint density at radius 1 is 1.20 bits per heavy atom. The average molecular weight is 204 g/mol. The molecule has 0 aliphatic carbocycles. The lowest BCUT2D eigenvalue weighted by atomic mass is 10.0. The number of aryl methyl sites for hydroxylation is 1. The van der Waals surface area contributed by atoms with E-state index in [2.05, 4.69) is 36.9 Å². The normalized spacial score (nSPS) is 19.4. The van der Waals surface area contributed by atoms with Gasteiger partial charge in [-0.15, -0.1) is 0 Å². The van der Waals surface area contributed by atoms with E-state index in [0.717, 1.165) is 13.1 Å². The quantitative estimate of drug-likeness (QED) is 0.801. The smallest absolute Gasteiger partial charge is 0.0838 e. The molecule has 82 valence electrons. The van der Waals surface area contributed by atoms with Crippen LogP contribution < -0.4 is 5.73 Å². The predicted molar refractivity (Wildman–Crippen MR) is 63.7 cm³/mol. The molecule has 1 aromatic carbocycles. The highest BCUT2D eigenvalue weighted by molar-refractivity contribution is 5.34. The highest BCUT2D eigenvalue weighted by atomic mass is 15.2. The molecule has 0 spiro atoms. The zero-order valence-corrected chi connectivity index (χ0v) is 9.66. The number of hydrogen-bond donors (Lipinski definition) is 1. The molecule has 0 saturated carbocycles. The Bertz CT molecular complexity index is 340. The minimum Gasteiger partial charge on any atom is -0.312 e. The first-order valence-corrected chi connectivity index (χ1v) is 5.76. The summed E-state index contributed by atoms with van der Waals surface area (Å²) >= 11 is 0. The molecule has 2 N–H and O–H groups in total. The Hall–Kier alpha value is -0.860. The fourth-order valence-electron chi connectivity index (χ4n) is 2.31. The third kappa shape index (κ3) is 2.06. The number of benzene rings is 1. The lowest BCUT2D eigenvalue weighted by Crippen LogP contribution is -2.32. The maximum atomic E-state index is 6.30. The van der Waals surface area contributed by atoms with Crippen molar-refractivity contribution in [3.63, 3.8) is 0 Å². The van der Waals surface area contributed by atoms with E-state index in [1.165, 1.54) is 29.5 Å². The van der Waals surface area contributed by atoms with Gasteiger partial charge in [-0.25, -0.2) is 0 Å². The minimum absolute atomic E-state index is 0.0902. The maximum Gasteiger partial charge on any atom is 0.0838 e. The molecule has 15 heavy (non-hydrogen) atoms. The van der Waals surface area contributed by atoms with Gasteiger partial charge in [0, 0.05) is 0 Å². The number of nitrogens with two attached hydrogens (primary N) is 1. The van der Waals surface area contributed by atoms with E-state index in [0.29, 0.717) is 0 Å². The van der Waals surface area contributed by atoms with Crippen molar-refractivity contribution in [1.82, 2.24) is 4.90 Å². The molecular formula is C13H20N2. The van der Waals surface area contributed by atoms with Crippen LogP contribution in [0.15, 0.2) is 18.2 Å². The van der Waals surface area contributed by atoms with Crippen LogP contribution in [0.5, 0.6) is 0 Å². The summed E-state index contributed by atoms with van der Waals surface area (Å²) in [6.45, 7) is 6.61. The molecule has 1 unspecified atom stereocenters. The van der Waals surface area contributed by atoms with Crippen LogP contribution in [0, 0.1) is 13.8 Å². The van der Waals surface area contributed by atoms with E-state index in [9.17, 15) is 0 Å². The summed E-state index contributed by atoms with van der Waals surface area (Å²) in [5.74, 6) is 0. The van der Waals surface area contributed by atoms with Crippen molar-refractivity contribution in [2.45, 2.75) is 32.9 Å². The van der Waals surface area contributed by atoms with Gasteiger partial charge in [0.1, 0.15) is 0 Å². The van der Waals surface area contributed by atoms with Crippen molar-refractivity contribution in [2.24, 2.45) is 5.73 Å². The lowest BCUT2D eigenvalue weighted by Gasteiger charge is -2.25. The van der Waals surface area contributed by atoms with Gasteiger partial charge in [-0.3, -0.25) is 4.90 Å². The summed E-state index contributed by atoms with van der Waals surface area (Å²) in [7, 11) is 0. The first-order valence-electron chi connectivity index (χ1n) is 5.76. The summed E-state index contributed by atoms with van der Waals surface area (Å²) in [6.07, 6.45) is 2.67. The molecule has 2 nitrogen and oxygen atoms in total. The number of rotatable bonds is 2. The largest absolute Gasteiger partial charge is 0.312 e. The third-order valence-corrected chi connectivity index (χ3v) is 3.50. The Morgan fingerprint density at radius 3 is 2.53 bits per heavy atom. The van der Waals surface area contributed by atoms with Crippen molar-refractivity contribution in [3.8, 4) is 0 Å². The van der Waals surface area contributed by atoms with Gasteiger partial charge in [0.05, 0.1) is 6.17 Å². The molecule has 1 atom stereocenters. The third-order valence-electron chi connectivity index (χ3n) is 3.50. The summed E-state index contributed by atoms with van der Waals surface area (Å²) < 4.78 is 0. The van der Waals surface area contributed by atoms with Crippen LogP contribution in [0.25, 0.3) is 0 Å². The molecule has 1 saturated heterocycles. The van der Waals surface area contributed by atoms with E-state index in [-0.39, 0.29) is 6.17 Å². The van der Waals surface area contributed by atoms with E-state index in [1.54, 1.807) is 0 Å². The number of hydrogen-bond acceptors (Lipinski definition) is 2. The minimum atomic E-state index is 0.0902. The standard InChI is InChI=1S/C13H20N2/c1-10-6-5-7-12(11(10)2)13(14)15-8-3-4-9-15/h5-7,13H,3-4,8-9,14H2,1-2H3. The van der Waals surface area contributed by atoms with Crippen molar-refractivity contribution >= 4 is 0 Å². The second-order valence-corrected chi connectivity index (χ2v) is 4.48. The van der Waals surface area contributed by atoms with E-state index < -0.39 is 0 Å². The molecule has 1 aliphatic heterocycles. The molecule has 1 fully saturated rings. The Labute approximate surface area is 92.1 Å². The van der Waals surface area contributed by atoms with Crippen LogP contribution in [-0.4, -0.2) is 18.0 Å². The van der Waals surface area contributed by atoms with Gasteiger partial charge < -0.3 is 5.73 Å². The zero-order chi connectivity index (χ0) is 10.8. The highest BCUT2D eigenvalue weighted by Crippen LogP contribution is 2.24. The lowest BCUT2D eigenvalue weighted by molar-refractivity contribution is 0.251. The van der Waals surface area contributed by atoms with E-state index in [4.69, 9.17) is 5.73 Å². The average Bonchev–Trinajstić information content (AvgIpc) is 2.74. The van der Waals surface area contributed by atoms with E-state index in [1.807, 2.05) is 0 Å². The van der Waals surface area contributed by atoms with Crippen molar-refractivity contribution in [3.05, 3.63) is 34.9 Å². The summed E-state index contributed by atoms with van der Waals surface area (Å²) in [4.78, 5) is 2.38. The monoisotopic (exact) mass is 204 g/mol. The molecule has 2 rings (SSSR count). The van der Waals surface area contributed by atoms with Gasteiger partial charge in [-0.05, 0) is 56.5 Å². The van der Waals surface area contributed by atoms with Crippen LogP contribution in [0.3, 0.4) is 0 Å². The van der Waals surface area contributed by atoms with Crippen LogP contribution in [0.1, 0.15) is 35.7 Å². The molecule has 1 heterocycles. The van der Waals surface area contributed by atoms with Gasteiger partial charge in [-0.2, -0.15) is 0 Å². The zero-order valence-electron chi connectivity index (χ0n) is 9.66. The Kier molecular flexibility index (Phi) is 3.08. The highest BCUT2D eigenvalue weighted by Gasteiger charge is 2.21. The van der Waals surface area contributed by atoms with Crippen molar-refractivity contribution in [2.75, 3.05) is 13.1 Å². The van der Waals surface area contributed by atoms with Crippen LogP contribution in [0.2, 0.25) is 0 Å². The SMILES string of the molecule is Cc1cccc(C(N)N2CCCC2)c1C. The molecular weight excluding hydrogens is 184 g/mol. The van der Waals surface area contributed by atoms with Gasteiger partial charge >= 0.3 is 0 Å². The van der Waals surface area contributed by atoms with Crippen LogP contribution in [-0.2, 0) is 0 Å². The summed E-state index contributed by atoms with van der Waals surface area (Å²) in [5, 5.41) is 0. The van der Waals surface area contributed by atoms with Gasteiger partial charge in [-0.1, -0.05) is 18.2 Å². The fraction of sp³-hybridized carbons (Fsp3) is 0.538. The van der Waals surface area contributed by atoms with Gasteiger partial charge in [0.25, 0.3) is 0 Å². The predicted octanol–water partition coefficient (Wildman–Crippen LogP) is 2.36. The Balaban J connectivity index is 2.24. The van der Waals surface area contributed by atoms with Crippen molar-refractivity contribution in [1.29, 1.82) is 0 Å². The summed E-state index contributed by atoms with van der Waals surface area (Å²) in [6, 6.07) is 6.41. The Morgan fingerprint density at radius 2 is 1.87 bits per heavy atom. The maximum absolute atomic E-state index is 6.30. The second-order valence-electron chi connectivity index (χ2n) is 4.48. The van der Waals surface area contributed by atoms with Crippen LogP contribution in [0.4, 0.5) is 0 Å².